The molecule has 1 aromatic carbocycles. The highest BCUT2D eigenvalue weighted by molar-refractivity contribution is 5.94. The maximum Gasteiger partial charge on any atom is 0.259 e. The minimum Gasteiger partial charge on any atom is -0.376 e. The first-order valence-electron chi connectivity index (χ1n) is 3.50. The van der Waals surface area contributed by atoms with E-state index in [1.54, 1.807) is 0 Å². The van der Waals surface area contributed by atoms with Gasteiger partial charge >= 0.3 is 0 Å². The molecule has 0 saturated carbocycles. The number of benzene rings is 1. The second kappa shape index (κ2) is 3.95. The lowest BCUT2D eigenvalue weighted by atomic mass is 10.2. The second-order valence-corrected chi connectivity index (χ2v) is 2.26. The summed E-state index contributed by atoms with van der Waals surface area (Å²) in [6.45, 7) is -0.660. The standard InChI is InChI=1S/C8H7F2NO2/c9-5-2-1-3-6(10)7(5)8(13)11-4-12/h1-3,12H,4H2,(H,11,13). The Bertz CT molecular complexity index is 308. The van der Waals surface area contributed by atoms with E-state index < -0.39 is 29.8 Å². The predicted octanol–water partition coefficient (Wildman–Crippen LogP) is 0.644. The average Bonchev–Trinajstić information content (AvgIpc) is 2.04. The molecule has 0 fully saturated rings. The van der Waals surface area contributed by atoms with Gasteiger partial charge in [0.25, 0.3) is 5.91 Å². The molecule has 1 aromatic rings. The van der Waals surface area contributed by atoms with Crippen LogP contribution in [0.5, 0.6) is 0 Å². The fraction of sp³-hybridized carbons (Fsp3) is 0.125. The summed E-state index contributed by atoms with van der Waals surface area (Å²) >= 11 is 0. The molecule has 1 rings (SSSR count). The first-order chi connectivity index (χ1) is 6.16. The number of amides is 1. The third-order valence-corrected chi connectivity index (χ3v) is 1.43. The van der Waals surface area contributed by atoms with Crippen molar-refractivity contribution in [2.75, 3.05) is 6.73 Å². The van der Waals surface area contributed by atoms with Crippen LogP contribution in [0, 0.1) is 11.6 Å². The molecule has 0 aromatic heterocycles. The highest BCUT2D eigenvalue weighted by Crippen LogP contribution is 2.11. The minimum atomic E-state index is -0.974. The third-order valence-electron chi connectivity index (χ3n) is 1.43. The Kier molecular flexibility index (Phi) is 2.92. The molecular weight excluding hydrogens is 180 g/mol. The van der Waals surface area contributed by atoms with Crippen LogP contribution in [0.2, 0.25) is 0 Å². The molecule has 0 aliphatic rings. The Balaban J connectivity index is 3.05. The zero-order valence-corrected chi connectivity index (χ0v) is 6.55. The van der Waals surface area contributed by atoms with E-state index in [2.05, 4.69) is 0 Å². The van der Waals surface area contributed by atoms with E-state index in [9.17, 15) is 13.6 Å². The topological polar surface area (TPSA) is 49.3 Å². The largest absolute Gasteiger partial charge is 0.376 e. The summed E-state index contributed by atoms with van der Waals surface area (Å²) in [5.74, 6) is -2.88. The Morgan fingerprint density at radius 2 is 1.92 bits per heavy atom. The van der Waals surface area contributed by atoms with Crippen LogP contribution in [0.4, 0.5) is 8.78 Å². The molecule has 0 radical (unpaired) electrons. The quantitative estimate of drug-likeness (QED) is 0.667. The monoisotopic (exact) mass is 187 g/mol. The molecule has 0 saturated heterocycles. The minimum absolute atomic E-state index is 0.660. The lowest BCUT2D eigenvalue weighted by Gasteiger charge is -2.03. The van der Waals surface area contributed by atoms with Gasteiger partial charge in [-0.3, -0.25) is 4.79 Å². The van der Waals surface area contributed by atoms with E-state index in [-0.39, 0.29) is 0 Å². The third kappa shape index (κ3) is 2.00. The molecule has 0 spiro atoms. The van der Waals surface area contributed by atoms with E-state index >= 15 is 0 Å². The van der Waals surface area contributed by atoms with E-state index in [4.69, 9.17) is 5.11 Å². The van der Waals surface area contributed by atoms with Gasteiger partial charge in [-0.25, -0.2) is 8.78 Å². The van der Waals surface area contributed by atoms with Gasteiger partial charge in [0.2, 0.25) is 0 Å². The average molecular weight is 187 g/mol. The number of nitrogens with one attached hydrogen (secondary N) is 1. The summed E-state index contributed by atoms with van der Waals surface area (Å²) in [6.07, 6.45) is 0. The number of carbonyl (C=O) groups is 1. The van der Waals surface area contributed by atoms with Crippen LogP contribution in [0.1, 0.15) is 10.4 Å². The fourth-order valence-corrected chi connectivity index (χ4v) is 0.875. The number of aliphatic hydroxyl groups excluding tert-OH is 1. The molecule has 0 aliphatic carbocycles. The highest BCUT2D eigenvalue weighted by Gasteiger charge is 2.15. The molecule has 0 unspecified atom stereocenters. The smallest absolute Gasteiger partial charge is 0.259 e. The molecule has 0 heterocycles. The number of hydrogen-bond acceptors (Lipinski definition) is 2. The Hall–Kier alpha value is -1.49. The van der Waals surface area contributed by atoms with E-state index in [0.717, 1.165) is 18.2 Å². The summed E-state index contributed by atoms with van der Waals surface area (Å²) in [7, 11) is 0. The van der Waals surface area contributed by atoms with Crippen LogP contribution in [-0.2, 0) is 0 Å². The zero-order chi connectivity index (χ0) is 9.84. The van der Waals surface area contributed by atoms with E-state index in [1.807, 2.05) is 5.32 Å². The molecule has 13 heavy (non-hydrogen) atoms. The summed E-state index contributed by atoms with van der Waals surface area (Å²) in [5, 5.41) is 10.2. The fourth-order valence-electron chi connectivity index (χ4n) is 0.875. The number of hydrogen-bond donors (Lipinski definition) is 2. The van der Waals surface area contributed by atoms with Gasteiger partial charge in [-0.1, -0.05) is 6.07 Å². The Labute approximate surface area is 73.0 Å². The zero-order valence-electron chi connectivity index (χ0n) is 6.55. The Morgan fingerprint density at radius 3 is 2.38 bits per heavy atom. The van der Waals surface area contributed by atoms with Crippen LogP contribution >= 0.6 is 0 Å². The molecule has 70 valence electrons. The first-order valence-corrected chi connectivity index (χ1v) is 3.50. The first kappa shape index (κ1) is 9.60. The van der Waals surface area contributed by atoms with Crippen LogP contribution in [0.25, 0.3) is 0 Å². The van der Waals surface area contributed by atoms with Gasteiger partial charge in [0.15, 0.2) is 0 Å². The maximum absolute atomic E-state index is 12.8. The Morgan fingerprint density at radius 1 is 1.38 bits per heavy atom. The summed E-state index contributed by atoms with van der Waals surface area (Å²) in [4.78, 5) is 10.9. The summed E-state index contributed by atoms with van der Waals surface area (Å²) in [6, 6.07) is 3.09. The number of carbonyl (C=O) groups excluding carboxylic acids is 1. The van der Waals surface area contributed by atoms with Crippen molar-refractivity contribution in [2.45, 2.75) is 0 Å². The number of halogens is 2. The van der Waals surface area contributed by atoms with Crippen molar-refractivity contribution in [3.05, 3.63) is 35.4 Å². The highest BCUT2D eigenvalue weighted by atomic mass is 19.1. The van der Waals surface area contributed by atoms with Crippen LogP contribution in [0.15, 0.2) is 18.2 Å². The SMILES string of the molecule is O=C(NCO)c1c(F)cccc1F. The number of rotatable bonds is 2. The van der Waals surface area contributed by atoms with Gasteiger partial charge in [-0.2, -0.15) is 0 Å². The van der Waals surface area contributed by atoms with Crippen molar-refractivity contribution in [2.24, 2.45) is 0 Å². The van der Waals surface area contributed by atoms with Crippen LogP contribution in [0.3, 0.4) is 0 Å². The van der Waals surface area contributed by atoms with Crippen molar-refractivity contribution < 1.29 is 18.7 Å². The molecule has 1 amide bonds. The molecular formula is C8H7F2NO2. The molecule has 2 N–H and O–H groups in total. The van der Waals surface area contributed by atoms with Gasteiger partial charge in [-0.05, 0) is 12.1 Å². The summed E-state index contributed by atoms with van der Waals surface area (Å²) in [5.41, 5.74) is -0.684. The van der Waals surface area contributed by atoms with Crippen molar-refractivity contribution in [1.82, 2.24) is 5.32 Å². The molecule has 3 nitrogen and oxygen atoms in total. The van der Waals surface area contributed by atoms with Gasteiger partial charge in [0.1, 0.15) is 23.9 Å². The lowest BCUT2D eigenvalue weighted by Crippen LogP contribution is -2.26. The van der Waals surface area contributed by atoms with Gasteiger partial charge < -0.3 is 10.4 Å². The number of aliphatic hydroxyl groups is 1. The summed E-state index contributed by atoms with van der Waals surface area (Å²) < 4.78 is 25.7. The normalized spacial score (nSPS) is 9.77. The lowest BCUT2D eigenvalue weighted by molar-refractivity contribution is 0.0901. The van der Waals surface area contributed by atoms with Crippen LogP contribution < -0.4 is 5.32 Å². The van der Waals surface area contributed by atoms with Gasteiger partial charge in [-0.15, -0.1) is 0 Å². The van der Waals surface area contributed by atoms with Gasteiger partial charge in [0.05, 0.1) is 0 Å². The van der Waals surface area contributed by atoms with Crippen molar-refractivity contribution in [3.63, 3.8) is 0 Å². The predicted molar refractivity (Wildman–Crippen MR) is 40.9 cm³/mol. The van der Waals surface area contributed by atoms with Gasteiger partial charge in [0, 0.05) is 0 Å². The van der Waals surface area contributed by atoms with Crippen molar-refractivity contribution >= 4 is 5.91 Å². The van der Waals surface area contributed by atoms with Crippen LogP contribution in [-0.4, -0.2) is 17.7 Å². The molecule has 5 heteroatoms. The van der Waals surface area contributed by atoms with E-state index in [1.165, 1.54) is 0 Å². The maximum atomic E-state index is 12.8. The molecule has 0 atom stereocenters. The van der Waals surface area contributed by atoms with E-state index in [0.29, 0.717) is 0 Å². The van der Waals surface area contributed by atoms with Crippen molar-refractivity contribution in [3.8, 4) is 0 Å². The van der Waals surface area contributed by atoms with Crippen molar-refractivity contribution in [1.29, 1.82) is 0 Å². The molecule has 0 aliphatic heterocycles. The molecule has 0 bridgehead atoms. The second-order valence-electron chi connectivity index (χ2n) is 2.26.